The van der Waals surface area contributed by atoms with Crippen LogP contribution in [-0.4, -0.2) is 68.6 Å². The molecule has 1 heterocycles. The fourth-order valence-electron chi connectivity index (χ4n) is 4.35. The Balaban J connectivity index is 1.41. The van der Waals surface area contributed by atoms with Crippen LogP contribution in [0.3, 0.4) is 0 Å². The number of carbonyl (C=O) groups excluding carboxylic acids is 2. The molecule has 38 heavy (non-hydrogen) atoms. The quantitative estimate of drug-likeness (QED) is 0.385. The number of esters is 1. The molecular weight excluding hydrogens is 494 g/mol. The lowest BCUT2D eigenvalue weighted by atomic mass is 10.1. The summed E-state index contributed by atoms with van der Waals surface area (Å²) in [6.07, 6.45) is -0.298. The van der Waals surface area contributed by atoms with E-state index in [4.69, 9.17) is 14.2 Å². The number of hydrogen-bond donors (Lipinski definition) is 0. The van der Waals surface area contributed by atoms with E-state index in [1.807, 2.05) is 36.4 Å². The maximum absolute atomic E-state index is 14.1. The van der Waals surface area contributed by atoms with Gasteiger partial charge < -0.3 is 19.1 Å². The first kappa shape index (κ1) is 27.2. The first-order valence-electron chi connectivity index (χ1n) is 12.3. The van der Waals surface area contributed by atoms with Gasteiger partial charge in [-0.1, -0.05) is 24.3 Å². The molecule has 9 heteroatoms. The summed E-state index contributed by atoms with van der Waals surface area (Å²) in [5, 5.41) is 0. The van der Waals surface area contributed by atoms with Gasteiger partial charge in [0.25, 0.3) is 5.91 Å². The van der Waals surface area contributed by atoms with Gasteiger partial charge in [0.05, 0.1) is 38.1 Å². The van der Waals surface area contributed by atoms with Crippen LogP contribution in [0, 0.1) is 11.6 Å². The number of piperazine rings is 1. The van der Waals surface area contributed by atoms with Crippen LogP contribution in [-0.2, 0) is 16.1 Å². The van der Waals surface area contributed by atoms with Gasteiger partial charge in [-0.25, -0.2) is 13.6 Å². The number of carbonyl (C=O) groups is 2. The maximum Gasteiger partial charge on any atom is 0.337 e. The van der Waals surface area contributed by atoms with E-state index >= 15 is 0 Å². The summed E-state index contributed by atoms with van der Waals surface area (Å²) in [6, 6.07) is 17.6. The van der Waals surface area contributed by atoms with Crippen LogP contribution in [0.25, 0.3) is 0 Å². The lowest BCUT2D eigenvalue weighted by Gasteiger charge is -2.36. The third kappa shape index (κ3) is 6.73. The van der Waals surface area contributed by atoms with Crippen molar-refractivity contribution >= 4 is 11.9 Å². The first-order valence-corrected chi connectivity index (χ1v) is 12.3. The molecule has 0 bridgehead atoms. The van der Waals surface area contributed by atoms with Crippen molar-refractivity contribution < 1.29 is 32.6 Å². The lowest BCUT2D eigenvalue weighted by Crippen LogP contribution is -2.49. The topological polar surface area (TPSA) is 68.3 Å². The van der Waals surface area contributed by atoms with E-state index in [9.17, 15) is 18.4 Å². The number of methoxy groups -OCH3 is 2. The third-order valence-electron chi connectivity index (χ3n) is 6.53. The molecule has 1 saturated heterocycles. The van der Waals surface area contributed by atoms with E-state index in [-0.39, 0.29) is 11.7 Å². The first-order chi connectivity index (χ1) is 18.4. The average molecular weight is 525 g/mol. The van der Waals surface area contributed by atoms with Gasteiger partial charge in [-0.05, 0) is 53.6 Å². The van der Waals surface area contributed by atoms with Gasteiger partial charge >= 0.3 is 5.97 Å². The molecule has 7 nitrogen and oxygen atoms in total. The summed E-state index contributed by atoms with van der Waals surface area (Å²) in [5.41, 5.74) is 2.05. The minimum absolute atomic E-state index is 0.255. The fraction of sp³-hybridized carbons (Fsp3) is 0.310. The van der Waals surface area contributed by atoms with Crippen LogP contribution in [0.4, 0.5) is 8.78 Å². The van der Waals surface area contributed by atoms with E-state index < -0.39 is 23.5 Å². The smallest absolute Gasteiger partial charge is 0.337 e. The predicted molar refractivity (Wildman–Crippen MR) is 137 cm³/mol. The Bertz CT molecular complexity index is 1260. The second kappa shape index (κ2) is 12.6. The molecular formula is C29H30F2N2O5. The van der Waals surface area contributed by atoms with Gasteiger partial charge in [0, 0.05) is 32.7 Å². The Kier molecular flexibility index (Phi) is 9.04. The third-order valence-corrected chi connectivity index (χ3v) is 6.53. The van der Waals surface area contributed by atoms with Gasteiger partial charge in [0.15, 0.2) is 0 Å². The van der Waals surface area contributed by atoms with Gasteiger partial charge in [-0.2, -0.15) is 0 Å². The highest BCUT2D eigenvalue weighted by Gasteiger charge is 2.26. The molecule has 0 radical (unpaired) electrons. The zero-order valence-corrected chi connectivity index (χ0v) is 21.4. The van der Waals surface area contributed by atoms with Gasteiger partial charge in [0.2, 0.25) is 0 Å². The van der Waals surface area contributed by atoms with Crippen LogP contribution in [0.1, 0.15) is 37.9 Å². The summed E-state index contributed by atoms with van der Waals surface area (Å²) >= 11 is 0. The number of amides is 1. The van der Waals surface area contributed by atoms with Crippen molar-refractivity contribution in [2.75, 3.05) is 46.9 Å². The van der Waals surface area contributed by atoms with Crippen molar-refractivity contribution in [2.45, 2.75) is 12.7 Å². The summed E-state index contributed by atoms with van der Waals surface area (Å²) in [7, 11) is 2.95. The van der Waals surface area contributed by atoms with Crippen molar-refractivity contribution in [1.29, 1.82) is 0 Å². The molecule has 1 amide bonds. The highest BCUT2D eigenvalue weighted by Crippen LogP contribution is 2.25. The minimum atomic E-state index is -0.732. The number of rotatable bonds is 9. The van der Waals surface area contributed by atoms with E-state index in [2.05, 4.69) is 4.90 Å². The molecule has 1 atom stereocenters. The Morgan fingerprint density at radius 2 is 1.66 bits per heavy atom. The molecule has 0 unspecified atom stereocenters. The molecule has 1 fully saturated rings. The monoisotopic (exact) mass is 524 g/mol. The average Bonchev–Trinajstić information content (AvgIpc) is 2.96. The molecule has 0 saturated carbocycles. The largest absolute Gasteiger partial charge is 0.497 e. The zero-order valence-electron chi connectivity index (χ0n) is 21.4. The van der Waals surface area contributed by atoms with Gasteiger partial charge in [-0.15, -0.1) is 0 Å². The highest BCUT2D eigenvalue weighted by molar-refractivity contribution is 5.94. The summed E-state index contributed by atoms with van der Waals surface area (Å²) < 4.78 is 44.1. The minimum Gasteiger partial charge on any atom is -0.497 e. The molecule has 1 aliphatic heterocycles. The molecule has 3 aromatic carbocycles. The van der Waals surface area contributed by atoms with Crippen LogP contribution in [0.15, 0.2) is 66.7 Å². The van der Waals surface area contributed by atoms with Crippen LogP contribution >= 0.6 is 0 Å². The molecule has 1 aliphatic rings. The molecule has 0 aliphatic carbocycles. The Labute approximate surface area is 220 Å². The fourth-order valence-corrected chi connectivity index (χ4v) is 4.35. The van der Waals surface area contributed by atoms with E-state index in [1.54, 1.807) is 24.1 Å². The Morgan fingerprint density at radius 1 is 0.921 bits per heavy atom. The second-order valence-corrected chi connectivity index (χ2v) is 8.98. The number of nitrogens with zero attached hydrogens (tertiary/aromatic N) is 2. The summed E-state index contributed by atoms with van der Waals surface area (Å²) in [5.74, 6) is -1.58. The van der Waals surface area contributed by atoms with Crippen molar-refractivity contribution in [1.82, 2.24) is 9.80 Å². The molecule has 200 valence electrons. The molecule has 0 spiro atoms. The Morgan fingerprint density at radius 3 is 2.34 bits per heavy atom. The number of ether oxygens (including phenoxy) is 3. The second-order valence-electron chi connectivity index (χ2n) is 8.98. The maximum atomic E-state index is 14.1. The molecule has 0 aromatic heterocycles. The van der Waals surface area contributed by atoms with Gasteiger partial charge in [0.1, 0.15) is 17.4 Å². The van der Waals surface area contributed by atoms with Gasteiger partial charge in [-0.3, -0.25) is 9.69 Å². The zero-order chi connectivity index (χ0) is 27.1. The van der Waals surface area contributed by atoms with Crippen LogP contribution < -0.4 is 4.74 Å². The van der Waals surface area contributed by atoms with E-state index in [0.29, 0.717) is 50.6 Å². The summed E-state index contributed by atoms with van der Waals surface area (Å²) in [6.45, 7) is 2.76. The van der Waals surface area contributed by atoms with Crippen molar-refractivity contribution in [2.24, 2.45) is 0 Å². The Hall–Kier alpha value is -3.82. The summed E-state index contributed by atoms with van der Waals surface area (Å²) in [4.78, 5) is 28.2. The van der Waals surface area contributed by atoms with Crippen LogP contribution in [0.2, 0.25) is 0 Å². The van der Waals surface area contributed by atoms with Crippen LogP contribution in [0.5, 0.6) is 5.75 Å². The lowest BCUT2D eigenvalue weighted by molar-refractivity contribution is 0.00326. The van der Waals surface area contributed by atoms with Crippen molar-refractivity contribution in [3.05, 3.63) is 101 Å². The highest BCUT2D eigenvalue weighted by atomic mass is 19.1. The predicted octanol–water partition coefficient (Wildman–Crippen LogP) is 4.48. The van der Waals surface area contributed by atoms with E-state index in [0.717, 1.165) is 29.3 Å². The molecule has 0 N–H and O–H groups in total. The SMILES string of the molecule is COC(=O)c1ccc(CO[C@@H](CN2CCN(C(=O)c3cc(F)ccc3F)CC2)c2cccc(OC)c2)cc1. The standard InChI is InChI=1S/C29H30F2N2O5/c1-36-24-5-3-4-22(16-24)27(38-19-20-6-8-21(9-7-20)29(35)37-2)18-32-12-14-33(15-13-32)28(34)25-17-23(30)10-11-26(25)31/h3-11,16-17,27H,12-15,18-19H2,1-2H3/t27-/m0/s1. The normalized spacial score (nSPS) is 14.7. The van der Waals surface area contributed by atoms with Crippen molar-refractivity contribution in [3.63, 3.8) is 0 Å². The van der Waals surface area contributed by atoms with Crippen molar-refractivity contribution in [3.8, 4) is 5.75 Å². The number of benzene rings is 3. The molecule has 3 aromatic rings. The van der Waals surface area contributed by atoms with E-state index in [1.165, 1.54) is 7.11 Å². The molecule has 4 rings (SSSR count). The number of hydrogen-bond acceptors (Lipinski definition) is 6. The number of halogens is 2.